The molecule has 1 aliphatic heterocycles. The van der Waals surface area contributed by atoms with Crippen LogP contribution in [0, 0.1) is 0 Å². The van der Waals surface area contributed by atoms with Crippen LogP contribution in [0.5, 0.6) is 0 Å². The van der Waals surface area contributed by atoms with Crippen LogP contribution in [-0.2, 0) is 13.1 Å². The molecule has 3 aromatic rings. The lowest BCUT2D eigenvalue weighted by molar-refractivity contribution is 0.0642. The number of amides is 3. The molecule has 156 valence electrons. The van der Waals surface area contributed by atoms with E-state index in [1.54, 1.807) is 48.5 Å². The van der Waals surface area contributed by atoms with E-state index >= 15 is 0 Å². The van der Waals surface area contributed by atoms with E-state index in [1.807, 2.05) is 43.3 Å². The predicted octanol–water partition coefficient (Wildman–Crippen LogP) is 3.48. The lowest BCUT2D eigenvalue weighted by Gasteiger charge is -2.15. The predicted molar refractivity (Wildman–Crippen MR) is 119 cm³/mol. The Hall–Kier alpha value is -3.93. The number of anilines is 1. The minimum Gasteiger partial charge on any atom is -0.378 e. The first kappa shape index (κ1) is 20.3. The molecular weight excluding hydrogens is 390 g/mol. The minimum atomic E-state index is -0.309. The molecule has 0 unspecified atom stereocenters. The van der Waals surface area contributed by atoms with E-state index in [-0.39, 0.29) is 24.3 Å². The maximum Gasteiger partial charge on any atom is 0.261 e. The van der Waals surface area contributed by atoms with Crippen molar-refractivity contribution in [1.29, 1.82) is 0 Å². The molecule has 6 heteroatoms. The zero-order valence-corrected chi connectivity index (χ0v) is 17.5. The summed E-state index contributed by atoms with van der Waals surface area (Å²) in [5.41, 5.74) is 4.14. The molecule has 1 heterocycles. The lowest BCUT2D eigenvalue weighted by Crippen LogP contribution is -2.29. The van der Waals surface area contributed by atoms with Gasteiger partial charge in [0, 0.05) is 31.9 Å². The van der Waals surface area contributed by atoms with Crippen molar-refractivity contribution in [3.63, 3.8) is 0 Å². The number of fused-ring (bicyclic) bond motifs is 1. The highest BCUT2D eigenvalue weighted by atomic mass is 16.2. The van der Waals surface area contributed by atoms with Crippen molar-refractivity contribution in [2.75, 3.05) is 19.0 Å². The van der Waals surface area contributed by atoms with Gasteiger partial charge in [-0.3, -0.25) is 19.3 Å². The molecule has 0 saturated heterocycles. The maximum absolute atomic E-state index is 12.6. The van der Waals surface area contributed by atoms with Gasteiger partial charge in [-0.2, -0.15) is 0 Å². The average molecular weight is 413 g/mol. The summed E-state index contributed by atoms with van der Waals surface area (Å²) in [7, 11) is 3.96. The molecule has 6 nitrogen and oxygen atoms in total. The summed E-state index contributed by atoms with van der Waals surface area (Å²) in [4.78, 5) is 41.0. The summed E-state index contributed by atoms with van der Waals surface area (Å²) < 4.78 is 0. The summed E-state index contributed by atoms with van der Waals surface area (Å²) in [6, 6.07) is 21.8. The third kappa shape index (κ3) is 4.19. The Morgan fingerprint density at radius 2 is 1.48 bits per heavy atom. The number of hydrogen-bond acceptors (Lipinski definition) is 4. The van der Waals surface area contributed by atoms with Crippen LogP contribution in [0.2, 0.25) is 0 Å². The number of hydrogen-bond donors (Lipinski definition) is 1. The van der Waals surface area contributed by atoms with Crippen LogP contribution in [0.25, 0.3) is 0 Å². The Bertz CT molecular complexity index is 1120. The third-order valence-electron chi connectivity index (χ3n) is 5.31. The molecule has 1 N–H and O–H groups in total. The zero-order valence-electron chi connectivity index (χ0n) is 17.5. The van der Waals surface area contributed by atoms with E-state index < -0.39 is 0 Å². The molecule has 0 aliphatic carbocycles. The van der Waals surface area contributed by atoms with E-state index in [4.69, 9.17) is 0 Å². The van der Waals surface area contributed by atoms with E-state index in [0.717, 1.165) is 16.8 Å². The first-order valence-electron chi connectivity index (χ1n) is 10.0. The van der Waals surface area contributed by atoms with E-state index in [1.165, 1.54) is 4.90 Å². The molecule has 1 aliphatic rings. The van der Waals surface area contributed by atoms with Gasteiger partial charge in [0.15, 0.2) is 0 Å². The van der Waals surface area contributed by atoms with Crippen LogP contribution in [0.4, 0.5) is 5.69 Å². The Labute approximate surface area is 181 Å². The van der Waals surface area contributed by atoms with E-state index in [2.05, 4.69) is 5.32 Å². The van der Waals surface area contributed by atoms with Crippen LogP contribution in [0.1, 0.15) is 42.2 Å². The van der Waals surface area contributed by atoms with Gasteiger partial charge in [0.1, 0.15) is 0 Å². The fraction of sp³-hybridized carbons (Fsp3) is 0.160. The second-order valence-corrected chi connectivity index (χ2v) is 7.69. The molecule has 0 aromatic heterocycles. The molecule has 0 saturated carbocycles. The van der Waals surface area contributed by atoms with Gasteiger partial charge in [-0.15, -0.1) is 0 Å². The molecule has 0 spiro atoms. The highest BCUT2D eigenvalue weighted by Gasteiger charge is 2.34. The SMILES string of the molecule is CN(C)c1ccc(CNC(=O)c2cccc(CN3C(=O)c4ccccc4C3=O)c2)cc1. The highest BCUT2D eigenvalue weighted by molar-refractivity contribution is 6.21. The van der Waals surface area contributed by atoms with Crippen molar-refractivity contribution in [2.45, 2.75) is 13.1 Å². The molecule has 3 aromatic carbocycles. The van der Waals surface area contributed by atoms with Gasteiger partial charge in [-0.1, -0.05) is 36.4 Å². The first-order valence-corrected chi connectivity index (χ1v) is 10.0. The Morgan fingerprint density at radius 1 is 0.839 bits per heavy atom. The normalized spacial score (nSPS) is 12.6. The maximum atomic E-state index is 12.6. The molecule has 0 bridgehead atoms. The number of carbonyl (C=O) groups is 3. The summed E-state index contributed by atoms with van der Waals surface area (Å²) in [5.74, 6) is -0.825. The smallest absolute Gasteiger partial charge is 0.261 e. The Balaban J connectivity index is 1.42. The highest BCUT2D eigenvalue weighted by Crippen LogP contribution is 2.24. The summed E-state index contributed by atoms with van der Waals surface area (Å²) in [6.07, 6.45) is 0. The van der Waals surface area contributed by atoms with Gasteiger partial charge in [0.25, 0.3) is 17.7 Å². The monoisotopic (exact) mass is 413 g/mol. The van der Waals surface area contributed by atoms with Gasteiger partial charge >= 0.3 is 0 Å². The number of nitrogens with zero attached hydrogens (tertiary/aromatic N) is 2. The fourth-order valence-electron chi connectivity index (χ4n) is 3.57. The van der Waals surface area contributed by atoms with Crippen molar-refractivity contribution >= 4 is 23.4 Å². The van der Waals surface area contributed by atoms with Crippen molar-refractivity contribution in [3.05, 3.63) is 101 Å². The first-order chi connectivity index (χ1) is 14.9. The molecule has 4 rings (SSSR count). The van der Waals surface area contributed by atoms with Crippen molar-refractivity contribution in [2.24, 2.45) is 0 Å². The largest absolute Gasteiger partial charge is 0.378 e. The standard InChI is InChI=1S/C25H23N3O3/c1-27(2)20-12-10-17(11-13-20)15-26-23(29)19-7-5-6-18(14-19)16-28-24(30)21-8-3-4-9-22(21)25(28)31/h3-14H,15-16H2,1-2H3,(H,26,29). The second-order valence-electron chi connectivity index (χ2n) is 7.69. The summed E-state index contributed by atoms with van der Waals surface area (Å²) >= 11 is 0. The van der Waals surface area contributed by atoms with Crippen LogP contribution in [-0.4, -0.2) is 36.7 Å². The van der Waals surface area contributed by atoms with Crippen molar-refractivity contribution in [3.8, 4) is 0 Å². The number of carbonyl (C=O) groups excluding carboxylic acids is 3. The Morgan fingerprint density at radius 3 is 2.10 bits per heavy atom. The number of nitrogens with one attached hydrogen (secondary N) is 1. The topological polar surface area (TPSA) is 69.7 Å². The van der Waals surface area contributed by atoms with Gasteiger partial charge in [-0.05, 0) is 47.5 Å². The zero-order chi connectivity index (χ0) is 22.0. The van der Waals surface area contributed by atoms with Crippen LogP contribution in [0.15, 0.2) is 72.8 Å². The summed E-state index contributed by atoms with van der Waals surface area (Å²) in [6.45, 7) is 0.536. The van der Waals surface area contributed by atoms with Gasteiger partial charge < -0.3 is 10.2 Å². The van der Waals surface area contributed by atoms with Crippen LogP contribution < -0.4 is 10.2 Å². The second kappa shape index (κ2) is 8.44. The van der Waals surface area contributed by atoms with Crippen LogP contribution in [0.3, 0.4) is 0 Å². The van der Waals surface area contributed by atoms with Gasteiger partial charge in [0.2, 0.25) is 0 Å². The molecule has 3 amide bonds. The molecule has 0 atom stereocenters. The minimum absolute atomic E-state index is 0.124. The van der Waals surface area contributed by atoms with Gasteiger partial charge in [0.05, 0.1) is 17.7 Å². The van der Waals surface area contributed by atoms with E-state index in [9.17, 15) is 14.4 Å². The third-order valence-corrected chi connectivity index (χ3v) is 5.31. The Kier molecular flexibility index (Phi) is 5.54. The molecule has 0 radical (unpaired) electrons. The summed E-state index contributed by atoms with van der Waals surface area (Å²) in [5, 5.41) is 2.92. The lowest BCUT2D eigenvalue weighted by atomic mass is 10.1. The molecular formula is C25H23N3O3. The number of imide groups is 1. The van der Waals surface area contributed by atoms with E-state index in [0.29, 0.717) is 23.2 Å². The molecule has 31 heavy (non-hydrogen) atoms. The number of rotatable bonds is 6. The number of benzene rings is 3. The molecule has 0 fully saturated rings. The quantitative estimate of drug-likeness (QED) is 0.628. The van der Waals surface area contributed by atoms with Crippen molar-refractivity contribution in [1.82, 2.24) is 10.2 Å². The van der Waals surface area contributed by atoms with Gasteiger partial charge in [-0.25, -0.2) is 0 Å². The van der Waals surface area contributed by atoms with Crippen molar-refractivity contribution < 1.29 is 14.4 Å². The van der Waals surface area contributed by atoms with Crippen LogP contribution >= 0.6 is 0 Å². The fourth-order valence-corrected chi connectivity index (χ4v) is 3.57. The average Bonchev–Trinajstić information content (AvgIpc) is 3.03.